The number of carbonyl (C=O) groups is 1. The van der Waals surface area contributed by atoms with Crippen LogP contribution in [0.5, 0.6) is 0 Å². The Kier molecular flexibility index (Phi) is 3.92. The fourth-order valence-corrected chi connectivity index (χ4v) is 4.27. The highest BCUT2D eigenvalue weighted by Crippen LogP contribution is 2.44. The zero-order valence-electron chi connectivity index (χ0n) is 13.6. The molecule has 0 radical (unpaired) electrons. The first-order chi connectivity index (χ1) is 12.1. The largest absolute Gasteiger partial charge is 0.366 e. The summed E-state index contributed by atoms with van der Waals surface area (Å²) in [6.45, 7) is 0.765. The SMILES string of the molecule is NC(=O)c1ccc2nc(NCC3(c4ccc(F)cc4)CCC3)sc2c1. The smallest absolute Gasteiger partial charge is 0.248 e. The Balaban J connectivity index is 1.54. The number of benzene rings is 2. The predicted molar refractivity (Wildman–Crippen MR) is 98.6 cm³/mol. The first-order valence-electron chi connectivity index (χ1n) is 8.26. The number of primary amides is 1. The van der Waals surface area contributed by atoms with Gasteiger partial charge in [0, 0.05) is 17.5 Å². The Bertz CT molecular complexity index is 931. The fraction of sp³-hybridized carbons (Fsp3) is 0.263. The van der Waals surface area contributed by atoms with Crippen LogP contribution in [0.4, 0.5) is 9.52 Å². The maximum Gasteiger partial charge on any atom is 0.248 e. The lowest BCUT2D eigenvalue weighted by Crippen LogP contribution is -2.40. The second-order valence-corrected chi connectivity index (χ2v) is 7.59. The van der Waals surface area contributed by atoms with Gasteiger partial charge >= 0.3 is 0 Å². The third-order valence-corrected chi connectivity index (χ3v) is 5.99. The summed E-state index contributed by atoms with van der Waals surface area (Å²) >= 11 is 1.51. The number of hydrogen-bond donors (Lipinski definition) is 2. The Hall–Kier alpha value is -2.47. The van der Waals surface area contributed by atoms with Gasteiger partial charge in [0.05, 0.1) is 10.2 Å². The van der Waals surface area contributed by atoms with E-state index < -0.39 is 5.91 Å². The van der Waals surface area contributed by atoms with E-state index in [1.54, 1.807) is 12.1 Å². The number of aromatic nitrogens is 1. The van der Waals surface area contributed by atoms with Crippen molar-refractivity contribution >= 4 is 32.6 Å². The van der Waals surface area contributed by atoms with Crippen LogP contribution in [0.15, 0.2) is 42.5 Å². The first kappa shape index (κ1) is 16.0. The number of thiazole rings is 1. The molecule has 1 heterocycles. The van der Waals surface area contributed by atoms with Crippen LogP contribution in [-0.2, 0) is 5.41 Å². The number of nitrogens with one attached hydrogen (secondary N) is 1. The lowest BCUT2D eigenvalue weighted by Gasteiger charge is -2.42. The number of fused-ring (bicyclic) bond motifs is 1. The maximum absolute atomic E-state index is 13.2. The van der Waals surface area contributed by atoms with Gasteiger partial charge in [0.1, 0.15) is 5.82 Å². The molecule has 1 aliphatic rings. The van der Waals surface area contributed by atoms with Gasteiger partial charge < -0.3 is 11.1 Å². The van der Waals surface area contributed by atoms with Crippen molar-refractivity contribution in [2.24, 2.45) is 5.73 Å². The van der Waals surface area contributed by atoms with Gasteiger partial charge in [-0.3, -0.25) is 4.79 Å². The average Bonchev–Trinajstić information content (AvgIpc) is 2.97. The van der Waals surface area contributed by atoms with Crippen LogP contribution in [-0.4, -0.2) is 17.4 Å². The van der Waals surface area contributed by atoms with Crippen molar-refractivity contribution in [1.82, 2.24) is 4.98 Å². The molecular formula is C19H18FN3OS. The van der Waals surface area contributed by atoms with E-state index in [1.165, 1.54) is 35.5 Å². The molecule has 1 aromatic heterocycles. The molecule has 25 heavy (non-hydrogen) atoms. The Labute approximate surface area is 148 Å². The van der Waals surface area contributed by atoms with E-state index in [4.69, 9.17) is 5.73 Å². The molecule has 4 nitrogen and oxygen atoms in total. The van der Waals surface area contributed by atoms with Crippen LogP contribution in [0, 0.1) is 5.82 Å². The van der Waals surface area contributed by atoms with Crippen molar-refractivity contribution in [3.63, 3.8) is 0 Å². The van der Waals surface area contributed by atoms with Crippen molar-refractivity contribution in [2.75, 3.05) is 11.9 Å². The summed E-state index contributed by atoms with van der Waals surface area (Å²) in [5, 5.41) is 4.26. The maximum atomic E-state index is 13.2. The number of amides is 1. The molecule has 1 amide bonds. The third-order valence-electron chi connectivity index (χ3n) is 5.02. The highest BCUT2D eigenvalue weighted by atomic mass is 32.1. The van der Waals surface area contributed by atoms with E-state index in [-0.39, 0.29) is 11.2 Å². The number of nitrogens with two attached hydrogens (primary N) is 1. The number of carbonyl (C=O) groups excluding carboxylic acids is 1. The summed E-state index contributed by atoms with van der Waals surface area (Å²) in [6.07, 6.45) is 3.35. The average molecular weight is 355 g/mol. The molecule has 1 aliphatic carbocycles. The van der Waals surface area contributed by atoms with Gasteiger partial charge in [0.2, 0.25) is 5.91 Å². The molecule has 3 N–H and O–H groups in total. The molecule has 0 bridgehead atoms. The van der Waals surface area contributed by atoms with Crippen LogP contribution >= 0.6 is 11.3 Å². The standard InChI is InChI=1S/C19H18FN3OS/c20-14-5-3-13(4-6-14)19(8-1-9-19)11-22-18-23-15-7-2-12(17(21)24)10-16(15)25-18/h2-7,10H,1,8-9,11H2,(H2,21,24)(H,22,23). The highest BCUT2D eigenvalue weighted by molar-refractivity contribution is 7.22. The number of rotatable bonds is 5. The van der Waals surface area contributed by atoms with Crippen molar-refractivity contribution in [3.05, 3.63) is 59.4 Å². The van der Waals surface area contributed by atoms with Gasteiger partial charge in [-0.1, -0.05) is 29.9 Å². The Morgan fingerprint density at radius 3 is 2.64 bits per heavy atom. The molecule has 1 fully saturated rings. The van der Waals surface area contributed by atoms with Crippen molar-refractivity contribution in [1.29, 1.82) is 0 Å². The first-order valence-corrected chi connectivity index (χ1v) is 9.08. The highest BCUT2D eigenvalue weighted by Gasteiger charge is 2.38. The summed E-state index contributed by atoms with van der Waals surface area (Å²) in [5.41, 5.74) is 7.89. The predicted octanol–water partition coefficient (Wildman–Crippen LogP) is 4.07. The molecule has 0 atom stereocenters. The Morgan fingerprint density at radius 1 is 1.24 bits per heavy atom. The molecule has 4 rings (SSSR count). The summed E-state index contributed by atoms with van der Waals surface area (Å²) in [4.78, 5) is 15.9. The second-order valence-electron chi connectivity index (χ2n) is 6.56. The molecule has 0 aliphatic heterocycles. The lowest BCUT2D eigenvalue weighted by molar-refractivity contribution is 0.100. The van der Waals surface area contributed by atoms with Gasteiger partial charge in [0.25, 0.3) is 0 Å². The summed E-state index contributed by atoms with van der Waals surface area (Å²) < 4.78 is 14.1. The van der Waals surface area contributed by atoms with Crippen LogP contribution in [0.25, 0.3) is 10.2 Å². The molecule has 6 heteroatoms. The number of halogens is 1. The van der Waals surface area contributed by atoms with Gasteiger partial charge in [-0.05, 0) is 48.7 Å². The van der Waals surface area contributed by atoms with Crippen molar-refractivity contribution in [2.45, 2.75) is 24.7 Å². The van der Waals surface area contributed by atoms with E-state index >= 15 is 0 Å². The summed E-state index contributed by atoms with van der Waals surface area (Å²) in [6, 6.07) is 12.1. The van der Waals surface area contributed by atoms with Crippen LogP contribution < -0.4 is 11.1 Å². The molecule has 1 saturated carbocycles. The van der Waals surface area contributed by atoms with Crippen LogP contribution in [0.2, 0.25) is 0 Å². The minimum Gasteiger partial charge on any atom is -0.366 e. The van der Waals surface area contributed by atoms with Crippen molar-refractivity contribution < 1.29 is 9.18 Å². The number of nitrogens with zero attached hydrogens (tertiary/aromatic N) is 1. The lowest BCUT2D eigenvalue weighted by atomic mass is 9.64. The van der Waals surface area contributed by atoms with Gasteiger partial charge in [-0.25, -0.2) is 9.37 Å². The van der Waals surface area contributed by atoms with E-state index in [0.29, 0.717) is 5.56 Å². The minimum atomic E-state index is -0.436. The molecular weight excluding hydrogens is 337 g/mol. The zero-order chi connectivity index (χ0) is 17.4. The molecule has 128 valence electrons. The van der Waals surface area contributed by atoms with Crippen molar-refractivity contribution in [3.8, 4) is 0 Å². The molecule has 0 spiro atoms. The van der Waals surface area contributed by atoms with Crippen LogP contribution in [0.1, 0.15) is 35.2 Å². The van der Waals surface area contributed by atoms with E-state index in [1.807, 2.05) is 18.2 Å². The van der Waals surface area contributed by atoms with Crippen LogP contribution in [0.3, 0.4) is 0 Å². The number of hydrogen-bond acceptors (Lipinski definition) is 4. The van der Waals surface area contributed by atoms with E-state index in [0.717, 1.165) is 34.7 Å². The monoisotopic (exact) mass is 355 g/mol. The topological polar surface area (TPSA) is 68.0 Å². The zero-order valence-corrected chi connectivity index (χ0v) is 14.4. The Morgan fingerprint density at radius 2 is 2.00 bits per heavy atom. The molecule has 3 aromatic rings. The fourth-order valence-electron chi connectivity index (χ4n) is 3.37. The summed E-state index contributed by atoms with van der Waals surface area (Å²) in [5.74, 6) is -0.642. The van der Waals surface area contributed by atoms with E-state index in [2.05, 4.69) is 10.3 Å². The molecule has 0 saturated heterocycles. The van der Waals surface area contributed by atoms with E-state index in [9.17, 15) is 9.18 Å². The second kappa shape index (κ2) is 6.11. The van der Waals surface area contributed by atoms with Gasteiger partial charge in [0.15, 0.2) is 5.13 Å². The normalized spacial score (nSPS) is 15.7. The quantitative estimate of drug-likeness (QED) is 0.725. The molecule has 2 aromatic carbocycles. The van der Waals surface area contributed by atoms with Gasteiger partial charge in [-0.2, -0.15) is 0 Å². The molecule has 0 unspecified atom stereocenters. The minimum absolute atomic E-state index is 0.0456. The third kappa shape index (κ3) is 2.98. The summed E-state index contributed by atoms with van der Waals surface area (Å²) in [7, 11) is 0. The van der Waals surface area contributed by atoms with Gasteiger partial charge in [-0.15, -0.1) is 0 Å². The number of anilines is 1.